The van der Waals surface area contributed by atoms with Gasteiger partial charge in [0.15, 0.2) is 0 Å². The summed E-state index contributed by atoms with van der Waals surface area (Å²) in [5.74, 6) is 0.395. The average Bonchev–Trinajstić information content (AvgIpc) is 2.63. The Hall–Kier alpha value is -0.240. The molecule has 2 saturated carbocycles. The molecule has 2 nitrogen and oxygen atoms in total. The largest absolute Gasteiger partial charge is 0.460 e. The van der Waals surface area contributed by atoms with Gasteiger partial charge in [0.05, 0.1) is 0 Å². The van der Waals surface area contributed by atoms with Gasteiger partial charge in [0.1, 0.15) is 12.0 Å². The van der Waals surface area contributed by atoms with Crippen LogP contribution in [0.3, 0.4) is 0 Å². The van der Waals surface area contributed by atoms with Gasteiger partial charge in [-0.1, -0.05) is 20.8 Å². The first-order chi connectivity index (χ1) is 6.90. The maximum Gasteiger partial charge on any atom is 0.321 e. The van der Waals surface area contributed by atoms with Gasteiger partial charge < -0.3 is 4.74 Å². The van der Waals surface area contributed by atoms with E-state index in [4.69, 9.17) is 16.3 Å². The highest BCUT2D eigenvalue weighted by Gasteiger charge is 2.61. The van der Waals surface area contributed by atoms with Gasteiger partial charge in [-0.15, -0.1) is 11.6 Å². The van der Waals surface area contributed by atoms with Crippen molar-refractivity contribution >= 4 is 17.6 Å². The van der Waals surface area contributed by atoms with Crippen molar-refractivity contribution in [3.05, 3.63) is 0 Å². The number of alkyl halides is 1. The van der Waals surface area contributed by atoms with Crippen LogP contribution in [0, 0.1) is 16.7 Å². The Labute approximate surface area is 96.3 Å². The third-order valence-electron chi connectivity index (χ3n) is 4.50. The Bertz CT molecular complexity index is 283. The van der Waals surface area contributed by atoms with E-state index < -0.39 is 0 Å². The fourth-order valence-electron chi connectivity index (χ4n) is 3.71. The lowest BCUT2D eigenvalue weighted by Crippen LogP contribution is -2.43. The van der Waals surface area contributed by atoms with E-state index in [1.54, 1.807) is 0 Å². The van der Waals surface area contributed by atoms with E-state index in [0.29, 0.717) is 5.92 Å². The van der Waals surface area contributed by atoms with Gasteiger partial charge in [0.25, 0.3) is 0 Å². The standard InChI is InChI=1S/C12H19ClO2/c1-11(2)8-4-5-12(3,6-8)10(11)15-9(14)7-13/h8,10H,4-7H2,1-3H3/t8-,10+,12-/m0/s1. The van der Waals surface area contributed by atoms with E-state index in [1.807, 2.05) is 0 Å². The SMILES string of the molecule is CC1(C)[C@H]2CC[C@@](C)(C2)[C@@H]1OC(=O)CCl. The highest BCUT2D eigenvalue weighted by molar-refractivity contribution is 6.26. The van der Waals surface area contributed by atoms with E-state index in [1.165, 1.54) is 19.3 Å². The lowest BCUT2D eigenvalue weighted by atomic mass is 9.70. The zero-order chi connectivity index (χ0) is 11.3. The highest BCUT2D eigenvalue weighted by Crippen LogP contribution is 2.63. The Balaban J connectivity index is 2.19. The van der Waals surface area contributed by atoms with E-state index in [9.17, 15) is 4.79 Å². The van der Waals surface area contributed by atoms with Crippen molar-refractivity contribution in [2.75, 3.05) is 5.88 Å². The van der Waals surface area contributed by atoms with Crippen molar-refractivity contribution < 1.29 is 9.53 Å². The zero-order valence-electron chi connectivity index (χ0n) is 9.68. The van der Waals surface area contributed by atoms with Crippen molar-refractivity contribution in [1.29, 1.82) is 0 Å². The fraction of sp³-hybridized carbons (Fsp3) is 0.917. The Morgan fingerprint density at radius 2 is 2.13 bits per heavy atom. The monoisotopic (exact) mass is 230 g/mol. The predicted molar refractivity (Wildman–Crippen MR) is 59.8 cm³/mol. The molecule has 0 spiro atoms. The van der Waals surface area contributed by atoms with Crippen LogP contribution >= 0.6 is 11.6 Å². The number of carbonyl (C=O) groups is 1. The van der Waals surface area contributed by atoms with Gasteiger partial charge in [-0.05, 0) is 25.2 Å². The second-order valence-electron chi connectivity index (χ2n) is 5.92. The number of carbonyl (C=O) groups excluding carboxylic acids is 1. The summed E-state index contributed by atoms with van der Waals surface area (Å²) in [4.78, 5) is 11.3. The van der Waals surface area contributed by atoms with Crippen LogP contribution in [0.5, 0.6) is 0 Å². The summed E-state index contributed by atoms with van der Waals surface area (Å²) < 4.78 is 5.54. The van der Waals surface area contributed by atoms with E-state index in [0.717, 1.165) is 0 Å². The van der Waals surface area contributed by atoms with Crippen molar-refractivity contribution in [2.45, 2.75) is 46.1 Å². The molecule has 2 aliphatic carbocycles. The topological polar surface area (TPSA) is 26.3 Å². The number of hydrogen-bond acceptors (Lipinski definition) is 2. The van der Waals surface area contributed by atoms with Gasteiger partial charge in [-0.2, -0.15) is 0 Å². The summed E-state index contributed by atoms with van der Waals surface area (Å²) in [6.45, 7) is 6.68. The molecule has 3 atom stereocenters. The van der Waals surface area contributed by atoms with Crippen molar-refractivity contribution in [3.8, 4) is 0 Å². The number of ether oxygens (including phenoxy) is 1. The van der Waals surface area contributed by atoms with Crippen molar-refractivity contribution in [2.24, 2.45) is 16.7 Å². The summed E-state index contributed by atoms with van der Waals surface area (Å²) >= 11 is 5.50. The normalized spacial score (nSPS) is 41.9. The number of halogens is 1. The molecule has 2 aliphatic rings. The van der Waals surface area contributed by atoms with Gasteiger partial charge in [-0.25, -0.2) is 0 Å². The summed E-state index contributed by atoms with van der Waals surface area (Å²) in [5.41, 5.74) is 0.310. The highest BCUT2D eigenvalue weighted by atomic mass is 35.5. The third kappa shape index (κ3) is 1.57. The summed E-state index contributed by atoms with van der Waals surface area (Å²) in [5, 5.41) is 0. The minimum Gasteiger partial charge on any atom is -0.460 e. The van der Waals surface area contributed by atoms with Crippen LogP contribution in [0.1, 0.15) is 40.0 Å². The third-order valence-corrected chi connectivity index (χ3v) is 4.71. The van der Waals surface area contributed by atoms with Crippen LogP contribution in [0.4, 0.5) is 0 Å². The molecule has 2 rings (SSSR count). The maximum absolute atomic E-state index is 11.3. The van der Waals surface area contributed by atoms with E-state index >= 15 is 0 Å². The van der Waals surface area contributed by atoms with Crippen LogP contribution in [0.15, 0.2) is 0 Å². The molecule has 0 aromatic heterocycles. The van der Waals surface area contributed by atoms with Crippen molar-refractivity contribution in [1.82, 2.24) is 0 Å². The lowest BCUT2D eigenvalue weighted by molar-refractivity contribution is -0.161. The molecular formula is C12H19ClO2. The molecule has 0 aliphatic heterocycles. The molecule has 0 N–H and O–H groups in total. The van der Waals surface area contributed by atoms with Crippen LogP contribution in [-0.2, 0) is 9.53 Å². The number of esters is 1. The molecule has 0 heterocycles. The Kier molecular flexibility index (Phi) is 2.53. The van der Waals surface area contributed by atoms with Gasteiger partial charge in [0, 0.05) is 10.8 Å². The molecule has 3 heteroatoms. The second-order valence-corrected chi connectivity index (χ2v) is 6.19. The number of hydrogen-bond donors (Lipinski definition) is 0. The maximum atomic E-state index is 11.3. The van der Waals surface area contributed by atoms with Crippen LogP contribution < -0.4 is 0 Å². The zero-order valence-corrected chi connectivity index (χ0v) is 10.4. The molecule has 2 fully saturated rings. The molecule has 0 aromatic carbocycles. The molecule has 0 amide bonds. The molecule has 0 saturated heterocycles. The van der Waals surface area contributed by atoms with Gasteiger partial charge in [-0.3, -0.25) is 4.79 Å². The lowest BCUT2D eigenvalue weighted by Gasteiger charge is -2.41. The Morgan fingerprint density at radius 1 is 1.47 bits per heavy atom. The first kappa shape index (κ1) is 11.3. The Morgan fingerprint density at radius 3 is 2.60 bits per heavy atom. The molecule has 15 heavy (non-hydrogen) atoms. The average molecular weight is 231 g/mol. The van der Waals surface area contributed by atoms with Gasteiger partial charge in [0.2, 0.25) is 0 Å². The van der Waals surface area contributed by atoms with Crippen LogP contribution in [-0.4, -0.2) is 18.0 Å². The van der Waals surface area contributed by atoms with Gasteiger partial charge >= 0.3 is 5.97 Å². The first-order valence-electron chi connectivity index (χ1n) is 5.65. The molecule has 86 valence electrons. The van der Waals surface area contributed by atoms with E-state index in [-0.39, 0.29) is 28.8 Å². The summed E-state index contributed by atoms with van der Waals surface area (Å²) in [6.07, 6.45) is 3.70. The number of rotatable bonds is 2. The number of fused-ring (bicyclic) bond motifs is 2. The minimum absolute atomic E-state index is 0.0344. The second kappa shape index (κ2) is 3.38. The molecular weight excluding hydrogens is 212 g/mol. The quantitative estimate of drug-likeness (QED) is 0.539. The first-order valence-corrected chi connectivity index (χ1v) is 6.19. The molecule has 2 bridgehead atoms. The molecule has 0 unspecified atom stereocenters. The summed E-state index contributed by atoms with van der Waals surface area (Å²) in [6, 6.07) is 0. The van der Waals surface area contributed by atoms with Crippen molar-refractivity contribution in [3.63, 3.8) is 0 Å². The summed E-state index contributed by atoms with van der Waals surface area (Å²) in [7, 11) is 0. The van der Waals surface area contributed by atoms with E-state index in [2.05, 4.69) is 20.8 Å². The smallest absolute Gasteiger partial charge is 0.321 e. The minimum atomic E-state index is -0.275. The van der Waals surface area contributed by atoms with Crippen LogP contribution in [0.25, 0.3) is 0 Å². The molecule has 0 radical (unpaired) electrons. The fourth-order valence-corrected chi connectivity index (χ4v) is 3.78. The molecule has 0 aromatic rings. The predicted octanol–water partition coefficient (Wildman–Crippen LogP) is 2.98. The van der Waals surface area contributed by atoms with Crippen LogP contribution in [0.2, 0.25) is 0 Å².